The highest BCUT2D eigenvalue weighted by Gasteiger charge is 2.22. The average molecular weight is 338 g/mol. The van der Waals surface area contributed by atoms with Gasteiger partial charge in [-0.1, -0.05) is 30.3 Å². The fourth-order valence-corrected chi connectivity index (χ4v) is 2.91. The van der Waals surface area contributed by atoms with Crippen LogP contribution in [0.3, 0.4) is 0 Å². The van der Waals surface area contributed by atoms with Gasteiger partial charge in [0.05, 0.1) is 16.7 Å². The number of tetrazole rings is 1. The maximum Gasteiger partial charge on any atom is 0.269 e. The molecule has 1 N–H and O–H groups in total. The second kappa shape index (κ2) is 6.78. The van der Waals surface area contributed by atoms with Gasteiger partial charge in [0, 0.05) is 12.1 Å². The first-order valence-corrected chi connectivity index (χ1v) is 7.79. The van der Waals surface area contributed by atoms with Crippen LogP contribution >= 0.6 is 0 Å². The lowest BCUT2D eigenvalue weighted by atomic mass is 10.0. The van der Waals surface area contributed by atoms with E-state index in [-0.39, 0.29) is 11.7 Å². The van der Waals surface area contributed by atoms with Crippen molar-refractivity contribution in [2.24, 2.45) is 0 Å². The molecular weight excluding hydrogens is 320 g/mol. The molecule has 1 aromatic heterocycles. The van der Waals surface area contributed by atoms with Gasteiger partial charge in [0.1, 0.15) is 0 Å². The number of rotatable bonds is 5. The highest BCUT2D eigenvalue weighted by atomic mass is 16.6. The zero-order valence-corrected chi connectivity index (χ0v) is 14.2. The summed E-state index contributed by atoms with van der Waals surface area (Å²) in [6, 6.07) is 12.1. The molecule has 0 bridgehead atoms. The van der Waals surface area contributed by atoms with Crippen LogP contribution in [-0.2, 0) is 0 Å². The SMILES string of the molecule is CN[C@@H](c1ccc([N+](=O)[O-])cc1)c1nnnn1-c1c(C)cccc1C. The van der Waals surface area contributed by atoms with Gasteiger partial charge in [0.25, 0.3) is 5.69 Å². The number of hydrogen-bond acceptors (Lipinski definition) is 6. The summed E-state index contributed by atoms with van der Waals surface area (Å²) in [7, 11) is 1.80. The lowest BCUT2D eigenvalue weighted by molar-refractivity contribution is -0.384. The zero-order valence-electron chi connectivity index (χ0n) is 14.2. The maximum absolute atomic E-state index is 10.8. The molecule has 0 saturated heterocycles. The number of nitro benzene ring substituents is 1. The van der Waals surface area contributed by atoms with Crippen molar-refractivity contribution < 1.29 is 4.92 Å². The van der Waals surface area contributed by atoms with Gasteiger partial charge >= 0.3 is 0 Å². The molecule has 0 fully saturated rings. The van der Waals surface area contributed by atoms with Gasteiger partial charge in [0.15, 0.2) is 5.82 Å². The Labute approximate surface area is 144 Å². The Balaban J connectivity index is 2.06. The Morgan fingerprint density at radius 1 is 1.12 bits per heavy atom. The Bertz CT molecular complexity index is 884. The van der Waals surface area contributed by atoms with Crippen molar-refractivity contribution in [2.75, 3.05) is 7.05 Å². The number of aryl methyl sites for hydroxylation is 2. The molecule has 8 heteroatoms. The topological polar surface area (TPSA) is 98.8 Å². The molecule has 0 aliphatic rings. The predicted molar refractivity (Wildman–Crippen MR) is 92.6 cm³/mol. The van der Waals surface area contributed by atoms with E-state index in [0.717, 1.165) is 22.4 Å². The van der Waals surface area contributed by atoms with Gasteiger partial charge < -0.3 is 5.32 Å². The first kappa shape index (κ1) is 16.7. The number of nitro groups is 1. The second-order valence-electron chi connectivity index (χ2n) is 5.76. The van der Waals surface area contributed by atoms with Crippen LogP contribution in [0.1, 0.15) is 28.6 Å². The van der Waals surface area contributed by atoms with Crippen LogP contribution in [-0.4, -0.2) is 32.2 Å². The largest absolute Gasteiger partial charge is 0.307 e. The Morgan fingerprint density at radius 3 is 2.32 bits per heavy atom. The minimum atomic E-state index is -0.418. The average Bonchev–Trinajstić information content (AvgIpc) is 3.05. The van der Waals surface area contributed by atoms with Crippen molar-refractivity contribution in [3.05, 3.63) is 75.1 Å². The van der Waals surface area contributed by atoms with Crippen LogP contribution in [0.4, 0.5) is 5.69 Å². The summed E-state index contributed by atoms with van der Waals surface area (Å²) in [6.45, 7) is 4.02. The molecular formula is C17H18N6O2. The molecule has 128 valence electrons. The van der Waals surface area contributed by atoms with Crippen LogP contribution in [0.5, 0.6) is 0 Å². The normalized spacial score (nSPS) is 12.1. The second-order valence-corrected chi connectivity index (χ2v) is 5.76. The third-order valence-electron chi connectivity index (χ3n) is 4.13. The van der Waals surface area contributed by atoms with E-state index in [1.165, 1.54) is 12.1 Å². The minimum absolute atomic E-state index is 0.0490. The Kier molecular flexibility index (Phi) is 4.53. The van der Waals surface area contributed by atoms with Crippen molar-refractivity contribution in [3.63, 3.8) is 0 Å². The van der Waals surface area contributed by atoms with Crippen molar-refractivity contribution in [1.29, 1.82) is 0 Å². The monoisotopic (exact) mass is 338 g/mol. The molecule has 0 amide bonds. The van der Waals surface area contributed by atoms with E-state index < -0.39 is 4.92 Å². The van der Waals surface area contributed by atoms with E-state index in [9.17, 15) is 10.1 Å². The van der Waals surface area contributed by atoms with E-state index in [1.54, 1.807) is 23.9 Å². The number of nitrogens with zero attached hydrogens (tertiary/aromatic N) is 5. The fourth-order valence-electron chi connectivity index (χ4n) is 2.91. The van der Waals surface area contributed by atoms with Crippen LogP contribution in [0.2, 0.25) is 0 Å². The molecule has 3 aromatic rings. The van der Waals surface area contributed by atoms with E-state index >= 15 is 0 Å². The van der Waals surface area contributed by atoms with Crippen molar-refractivity contribution in [2.45, 2.75) is 19.9 Å². The molecule has 0 radical (unpaired) electrons. The van der Waals surface area contributed by atoms with Gasteiger partial charge in [0.2, 0.25) is 0 Å². The number of para-hydroxylation sites is 1. The molecule has 3 rings (SSSR count). The van der Waals surface area contributed by atoms with Gasteiger partial charge in [-0.2, -0.15) is 4.68 Å². The summed E-state index contributed by atoms with van der Waals surface area (Å²) >= 11 is 0. The summed E-state index contributed by atoms with van der Waals surface area (Å²) in [6.07, 6.45) is 0. The molecule has 2 aromatic carbocycles. The Morgan fingerprint density at radius 2 is 1.76 bits per heavy atom. The van der Waals surface area contributed by atoms with Gasteiger partial charge in [-0.3, -0.25) is 10.1 Å². The number of benzene rings is 2. The predicted octanol–water partition coefficient (Wildman–Crippen LogP) is 2.50. The third kappa shape index (κ3) is 3.11. The van der Waals surface area contributed by atoms with Crippen LogP contribution < -0.4 is 5.32 Å². The molecule has 1 atom stereocenters. The van der Waals surface area contributed by atoms with E-state index in [4.69, 9.17) is 0 Å². The van der Waals surface area contributed by atoms with E-state index in [0.29, 0.717) is 5.82 Å². The maximum atomic E-state index is 10.8. The highest BCUT2D eigenvalue weighted by molar-refractivity contribution is 5.47. The van der Waals surface area contributed by atoms with Gasteiger partial charge in [-0.15, -0.1) is 5.10 Å². The fraction of sp³-hybridized carbons (Fsp3) is 0.235. The lowest BCUT2D eigenvalue weighted by Gasteiger charge is -2.18. The van der Waals surface area contributed by atoms with Gasteiger partial charge in [-0.25, -0.2) is 0 Å². The van der Waals surface area contributed by atoms with Crippen molar-refractivity contribution >= 4 is 5.69 Å². The third-order valence-corrected chi connectivity index (χ3v) is 4.13. The van der Waals surface area contributed by atoms with Crippen molar-refractivity contribution in [1.82, 2.24) is 25.5 Å². The number of nitrogens with one attached hydrogen (secondary N) is 1. The lowest BCUT2D eigenvalue weighted by Crippen LogP contribution is -2.22. The first-order chi connectivity index (χ1) is 12.0. The summed E-state index contributed by atoms with van der Waals surface area (Å²) in [4.78, 5) is 10.4. The molecule has 25 heavy (non-hydrogen) atoms. The number of aromatic nitrogens is 4. The van der Waals surface area contributed by atoms with Crippen LogP contribution in [0.25, 0.3) is 5.69 Å². The first-order valence-electron chi connectivity index (χ1n) is 7.79. The molecule has 0 saturated carbocycles. The minimum Gasteiger partial charge on any atom is -0.307 e. The molecule has 0 aliphatic heterocycles. The van der Waals surface area contributed by atoms with E-state index in [2.05, 4.69) is 20.8 Å². The standard InChI is InChI=1S/C17H18N6O2/c1-11-5-4-6-12(2)16(11)22-17(19-20-21-22)15(18-3)13-7-9-14(10-8-13)23(24)25/h4-10,15,18H,1-3H3/t15-/m0/s1. The Hall–Kier alpha value is -3.13. The quantitative estimate of drug-likeness (QED) is 0.567. The van der Waals surface area contributed by atoms with Crippen LogP contribution in [0, 0.1) is 24.0 Å². The number of hydrogen-bond donors (Lipinski definition) is 1. The summed E-state index contributed by atoms with van der Waals surface area (Å²) in [5.74, 6) is 0.619. The number of non-ortho nitro benzene ring substituents is 1. The van der Waals surface area contributed by atoms with E-state index in [1.807, 2.05) is 32.0 Å². The summed E-state index contributed by atoms with van der Waals surface area (Å²) < 4.78 is 1.72. The molecule has 0 aliphatic carbocycles. The van der Waals surface area contributed by atoms with Crippen LogP contribution in [0.15, 0.2) is 42.5 Å². The summed E-state index contributed by atoms with van der Waals surface area (Å²) in [5, 5.41) is 26.2. The van der Waals surface area contributed by atoms with Gasteiger partial charge in [-0.05, 0) is 48.0 Å². The summed E-state index contributed by atoms with van der Waals surface area (Å²) in [5.41, 5.74) is 3.95. The molecule has 1 heterocycles. The molecule has 0 spiro atoms. The smallest absolute Gasteiger partial charge is 0.269 e. The molecule has 0 unspecified atom stereocenters. The molecule has 8 nitrogen and oxygen atoms in total. The van der Waals surface area contributed by atoms with Crippen molar-refractivity contribution in [3.8, 4) is 5.69 Å². The zero-order chi connectivity index (χ0) is 18.0. The highest BCUT2D eigenvalue weighted by Crippen LogP contribution is 2.26.